The van der Waals surface area contributed by atoms with Crippen LogP contribution in [0.4, 0.5) is 0 Å². The fraction of sp³-hybridized carbons (Fsp3) is 0.571. The zero-order chi connectivity index (χ0) is 11.4. The van der Waals surface area contributed by atoms with E-state index in [0.29, 0.717) is 0 Å². The molecule has 1 nitrogen and oxygen atoms in total. The van der Waals surface area contributed by atoms with E-state index in [1.165, 1.54) is 31.2 Å². The van der Waals surface area contributed by atoms with Gasteiger partial charge in [0.2, 0.25) is 0 Å². The van der Waals surface area contributed by atoms with Crippen LogP contribution in [-0.2, 0) is 6.42 Å². The van der Waals surface area contributed by atoms with Crippen molar-refractivity contribution in [2.75, 3.05) is 13.6 Å². The van der Waals surface area contributed by atoms with Gasteiger partial charge in [-0.05, 0) is 38.4 Å². The molecule has 0 aliphatic rings. The Morgan fingerprint density at radius 3 is 2.07 bits per heavy atom. The van der Waals surface area contributed by atoms with Crippen molar-refractivity contribution in [2.45, 2.75) is 39.5 Å². The van der Waals surface area contributed by atoms with Crippen LogP contribution < -0.4 is 5.32 Å². The van der Waals surface area contributed by atoms with Gasteiger partial charge in [0.15, 0.2) is 0 Å². The third-order valence-electron chi connectivity index (χ3n) is 2.16. The van der Waals surface area contributed by atoms with E-state index in [4.69, 9.17) is 0 Å². The lowest BCUT2D eigenvalue weighted by Crippen LogP contribution is -2.04. The second-order valence-corrected chi connectivity index (χ2v) is 3.69. The first-order valence-electron chi connectivity index (χ1n) is 6.03. The maximum absolute atomic E-state index is 3.02. The molecule has 0 unspecified atom stereocenters. The largest absolute Gasteiger partial charge is 0.320 e. The molecule has 0 amide bonds. The molecule has 0 heterocycles. The average molecular weight is 207 g/mol. The van der Waals surface area contributed by atoms with Crippen LogP contribution in [0.25, 0.3) is 0 Å². The maximum Gasteiger partial charge on any atom is -0.00546 e. The van der Waals surface area contributed by atoms with E-state index in [1.54, 1.807) is 0 Å². The second-order valence-electron chi connectivity index (χ2n) is 3.69. The quantitative estimate of drug-likeness (QED) is 0.777. The van der Waals surface area contributed by atoms with Crippen molar-refractivity contribution in [3.63, 3.8) is 0 Å². The fourth-order valence-corrected chi connectivity index (χ4v) is 1.28. The highest BCUT2D eigenvalue weighted by atomic mass is 14.8. The Bertz CT molecular complexity index is 204. The van der Waals surface area contributed by atoms with Gasteiger partial charge >= 0.3 is 0 Å². The highest BCUT2D eigenvalue weighted by Gasteiger charge is 1.87. The fourth-order valence-electron chi connectivity index (χ4n) is 1.28. The molecular formula is C14H25N. The lowest BCUT2D eigenvalue weighted by molar-refractivity contribution is 0.772. The first kappa shape index (κ1) is 14.2. The Balaban J connectivity index is 0.000000336. The molecule has 0 bridgehead atoms. The summed E-state index contributed by atoms with van der Waals surface area (Å²) in [5, 5.41) is 3.02. The van der Waals surface area contributed by atoms with E-state index < -0.39 is 0 Å². The van der Waals surface area contributed by atoms with Crippen molar-refractivity contribution in [3.05, 3.63) is 35.9 Å². The highest BCUT2D eigenvalue weighted by Crippen LogP contribution is 2.03. The monoisotopic (exact) mass is 207 g/mol. The van der Waals surface area contributed by atoms with Crippen molar-refractivity contribution < 1.29 is 0 Å². The molecule has 86 valence electrons. The smallest absolute Gasteiger partial charge is 0.00546 e. The molecule has 0 saturated carbocycles. The van der Waals surface area contributed by atoms with Crippen LogP contribution in [0.2, 0.25) is 0 Å². The van der Waals surface area contributed by atoms with Crippen molar-refractivity contribution in [3.8, 4) is 0 Å². The zero-order valence-corrected chi connectivity index (χ0v) is 10.4. The minimum atomic E-state index is 1.14. The average Bonchev–Trinajstić information content (AvgIpc) is 2.30. The van der Waals surface area contributed by atoms with Crippen molar-refractivity contribution in [1.82, 2.24) is 5.32 Å². The van der Waals surface area contributed by atoms with E-state index in [2.05, 4.69) is 49.5 Å². The Morgan fingerprint density at radius 1 is 1.00 bits per heavy atom. The first-order chi connectivity index (χ1) is 7.35. The molecule has 0 fully saturated rings. The van der Waals surface area contributed by atoms with Crippen molar-refractivity contribution in [2.24, 2.45) is 0 Å². The van der Waals surface area contributed by atoms with Gasteiger partial charge < -0.3 is 5.32 Å². The molecule has 1 aromatic carbocycles. The number of benzene rings is 1. The number of hydrogen-bond acceptors (Lipinski definition) is 1. The normalized spacial score (nSPS) is 9.27. The van der Waals surface area contributed by atoms with E-state index >= 15 is 0 Å². The van der Waals surface area contributed by atoms with Crippen LogP contribution in [0, 0.1) is 0 Å². The van der Waals surface area contributed by atoms with Gasteiger partial charge in [0.1, 0.15) is 0 Å². The lowest BCUT2D eigenvalue weighted by Gasteiger charge is -1.96. The standard InChI is InChI=1S/C10H14.C4H11N/c1-2-3-7-10-8-5-4-6-9-10;1-3-4-5-2/h4-6,8-9H,2-3,7H2,1H3;5H,3-4H2,1-2H3. The molecule has 15 heavy (non-hydrogen) atoms. The first-order valence-corrected chi connectivity index (χ1v) is 6.03. The van der Waals surface area contributed by atoms with Crippen LogP contribution in [-0.4, -0.2) is 13.6 Å². The van der Waals surface area contributed by atoms with E-state index in [1.807, 2.05) is 7.05 Å². The minimum Gasteiger partial charge on any atom is -0.320 e. The highest BCUT2D eigenvalue weighted by molar-refractivity contribution is 5.14. The summed E-state index contributed by atoms with van der Waals surface area (Å²) in [6.45, 7) is 5.51. The van der Waals surface area contributed by atoms with Crippen LogP contribution >= 0.6 is 0 Å². The van der Waals surface area contributed by atoms with Gasteiger partial charge in [-0.25, -0.2) is 0 Å². The van der Waals surface area contributed by atoms with E-state index in [9.17, 15) is 0 Å². The topological polar surface area (TPSA) is 12.0 Å². The summed E-state index contributed by atoms with van der Waals surface area (Å²) in [5.74, 6) is 0. The van der Waals surface area contributed by atoms with Gasteiger partial charge in [-0.3, -0.25) is 0 Å². The molecule has 0 aliphatic carbocycles. The summed E-state index contributed by atoms with van der Waals surface area (Å²) < 4.78 is 0. The van der Waals surface area contributed by atoms with E-state index in [0.717, 1.165) is 6.54 Å². The number of unbranched alkanes of at least 4 members (excludes halogenated alkanes) is 1. The zero-order valence-electron chi connectivity index (χ0n) is 10.4. The summed E-state index contributed by atoms with van der Waals surface area (Å²) in [5.41, 5.74) is 1.46. The van der Waals surface area contributed by atoms with Gasteiger partial charge in [-0.1, -0.05) is 50.6 Å². The van der Waals surface area contributed by atoms with Crippen LogP contribution in [0.15, 0.2) is 30.3 Å². The Labute approximate surface area is 94.9 Å². The molecule has 0 atom stereocenters. The van der Waals surface area contributed by atoms with Gasteiger partial charge in [-0.15, -0.1) is 0 Å². The maximum atomic E-state index is 3.02. The van der Waals surface area contributed by atoms with Crippen LogP contribution in [0.1, 0.15) is 38.7 Å². The second kappa shape index (κ2) is 11.3. The number of aryl methyl sites for hydroxylation is 1. The molecule has 1 rings (SSSR count). The summed E-state index contributed by atoms with van der Waals surface area (Å²) in [4.78, 5) is 0. The van der Waals surface area contributed by atoms with Gasteiger partial charge in [0, 0.05) is 0 Å². The predicted molar refractivity (Wildman–Crippen MR) is 69.3 cm³/mol. The molecule has 0 aromatic heterocycles. The molecule has 0 aliphatic heterocycles. The molecule has 1 heteroatoms. The summed E-state index contributed by atoms with van der Waals surface area (Å²) in [7, 11) is 1.96. The molecule has 0 radical (unpaired) electrons. The number of nitrogens with one attached hydrogen (secondary N) is 1. The summed E-state index contributed by atoms with van der Waals surface area (Å²) in [6.07, 6.45) is 5.06. The third-order valence-corrected chi connectivity index (χ3v) is 2.16. The van der Waals surface area contributed by atoms with Crippen molar-refractivity contribution in [1.29, 1.82) is 0 Å². The SMILES string of the molecule is CCCCc1ccccc1.CCCNC. The van der Waals surface area contributed by atoms with Crippen LogP contribution in [0.3, 0.4) is 0 Å². The Morgan fingerprint density at radius 2 is 1.67 bits per heavy atom. The molecule has 0 spiro atoms. The minimum absolute atomic E-state index is 1.14. The Kier molecular flexibility index (Phi) is 10.6. The summed E-state index contributed by atoms with van der Waals surface area (Å²) in [6, 6.07) is 10.6. The van der Waals surface area contributed by atoms with Crippen molar-refractivity contribution >= 4 is 0 Å². The van der Waals surface area contributed by atoms with Crippen LogP contribution in [0.5, 0.6) is 0 Å². The van der Waals surface area contributed by atoms with E-state index in [-0.39, 0.29) is 0 Å². The number of rotatable bonds is 5. The molecule has 0 saturated heterocycles. The van der Waals surface area contributed by atoms with Gasteiger partial charge in [0.25, 0.3) is 0 Å². The lowest BCUT2D eigenvalue weighted by atomic mass is 10.1. The Hall–Kier alpha value is -0.820. The molecule has 1 N–H and O–H groups in total. The third kappa shape index (κ3) is 9.48. The molecular weight excluding hydrogens is 182 g/mol. The van der Waals surface area contributed by atoms with Gasteiger partial charge in [-0.2, -0.15) is 0 Å². The summed E-state index contributed by atoms with van der Waals surface area (Å²) >= 11 is 0. The van der Waals surface area contributed by atoms with Gasteiger partial charge in [0.05, 0.1) is 0 Å². The predicted octanol–water partition coefficient (Wildman–Crippen LogP) is 3.65. The molecule has 1 aromatic rings. The number of hydrogen-bond donors (Lipinski definition) is 1.